The number of hydrogen-bond acceptors (Lipinski definition) is 8. The molecule has 1 aliphatic heterocycles. The fraction of sp³-hybridized carbons (Fsp3) is 0.222. The number of carbonyl (C=O) groups is 2. The molecule has 0 radical (unpaired) electrons. The van der Waals surface area contributed by atoms with Crippen LogP contribution < -0.4 is 11.5 Å². The summed E-state index contributed by atoms with van der Waals surface area (Å²) in [4.78, 5) is 24.5. The van der Waals surface area contributed by atoms with Gasteiger partial charge < -0.3 is 19.7 Å². The largest absolute Gasteiger partial charge is 0.431 e. The van der Waals surface area contributed by atoms with E-state index in [1.54, 1.807) is 36.4 Å². The Labute approximate surface area is 148 Å². The Morgan fingerprint density at radius 2 is 1.00 bits per heavy atom. The molecule has 2 aromatic rings. The zero-order valence-electron chi connectivity index (χ0n) is 13.6. The zero-order chi connectivity index (χ0) is 18.9. The summed E-state index contributed by atoms with van der Waals surface area (Å²) in [5, 5.41) is 19.6. The van der Waals surface area contributed by atoms with Crippen LogP contribution in [0.15, 0.2) is 60.7 Å². The Hall–Kier alpha value is -2.78. The van der Waals surface area contributed by atoms with Crippen LogP contribution in [0.25, 0.3) is 0 Å². The third kappa shape index (κ3) is 2.74. The molecule has 0 aromatic heterocycles. The van der Waals surface area contributed by atoms with Crippen molar-refractivity contribution in [2.75, 3.05) is 0 Å². The molecular formula is C18H18N2O6. The lowest BCUT2D eigenvalue weighted by Crippen LogP contribution is -2.68. The molecule has 2 unspecified atom stereocenters. The van der Waals surface area contributed by atoms with E-state index in [-0.39, 0.29) is 11.1 Å². The third-order valence-corrected chi connectivity index (χ3v) is 4.26. The first-order valence-corrected chi connectivity index (χ1v) is 7.80. The second-order valence-corrected chi connectivity index (χ2v) is 5.94. The lowest BCUT2D eigenvalue weighted by Gasteiger charge is -2.46. The number of carbonyl (C=O) groups excluding carboxylic acids is 2. The standard InChI is InChI=1S/C18H18N2O6/c19-17(11-7-3-1-4-8-11)18(20,12-9-5-2-6-10-12)26-16(24)14(22)13(21)15(23)25-17/h1-10,13-14,21-22H,19-20H2/t13?,14?,17-,18-/m1/s1. The fourth-order valence-corrected chi connectivity index (χ4v) is 2.77. The molecule has 0 aliphatic carbocycles. The van der Waals surface area contributed by atoms with Crippen LogP contribution in [0.5, 0.6) is 0 Å². The maximum atomic E-state index is 12.3. The van der Waals surface area contributed by atoms with Gasteiger partial charge in [-0.05, 0) is 0 Å². The fourth-order valence-electron chi connectivity index (χ4n) is 2.77. The van der Waals surface area contributed by atoms with Crippen LogP contribution in [-0.2, 0) is 30.5 Å². The summed E-state index contributed by atoms with van der Waals surface area (Å²) in [7, 11) is 0. The Bertz CT molecular complexity index is 745. The SMILES string of the molecule is N[C@]1(c2ccccc2)OC(=O)C(O)C(O)C(=O)O[C@]1(N)c1ccccc1. The smallest absolute Gasteiger partial charge is 0.340 e. The number of hydrogen-bond donors (Lipinski definition) is 4. The van der Waals surface area contributed by atoms with E-state index in [1.807, 2.05) is 0 Å². The van der Waals surface area contributed by atoms with E-state index in [1.165, 1.54) is 24.3 Å². The summed E-state index contributed by atoms with van der Waals surface area (Å²) in [5.41, 5.74) is 8.90. The lowest BCUT2D eigenvalue weighted by atomic mass is 9.86. The number of nitrogens with two attached hydrogens (primary N) is 2. The Balaban J connectivity index is 2.24. The van der Waals surface area contributed by atoms with Crippen molar-refractivity contribution in [2.24, 2.45) is 11.5 Å². The molecule has 0 bridgehead atoms. The molecule has 4 atom stereocenters. The van der Waals surface area contributed by atoms with Gasteiger partial charge in [-0.3, -0.25) is 11.5 Å². The molecule has 6 N–H and O–H groups in total. The maximum absolute atomic E-state index is 12.3. The van der Waals surface area contributed by atoms with E-state index in [2.05, 4.69) is 0 Å². The molecule has 26 heavy (non-hydrogen) atoms. The highest BCUT2D eigenvalue weighted by atomic mass is 16.6. The first-order valence-electron chi connectivity index (χ1n) is 7.80. The van der Waals surface area contributed by atoms with Crippen LogP contribution in [0, 0.1) is 0 Å². The van der Waals surface area contributed by atoms with Gasteiger partial charge in [-0.2, -0.15) is 0 Å². The molecule has 0 spiro atoms. The van der Waals surface area contributed by atoms with Crippen LogP contribution in [0.2, 0.25) is 0 Å². The minimum Gasteiger partial charge on any atom is -0.431 e. The Morgan fingerprint density at radius 1 is 0.692 bits per heavy atom. The van der Waals surface area contributed by atoms with Crippen LogP contribution >= 0.6 is 0 Å². The van der Waals surface area contributed by atoms with Crippen molar-refractivity contribution in [3.63, 3.8) is 0 Å². The molecule has 136 valence electrons. The van der Waals surface area contributed by atoms with Crippen molar-refractivity contribution >= 4 is 11.9 Å². The molecule has 1 fully saturated rings. The molecule has 3 rings (SSSR count). The predicted molar refractivity (Wildman–Crippen MR) is 88.8 cm³/mol. The van der Waals surface area contributed by atoms with E-state index in [0.29, 0.717) is 0 Å². The van der Waals surface area contributed by atoms with Gasteiger partial charge in [0.05, 0.1) is 0 Å². The van der Waals surface area contributed by atoms with E-state index >= 15 is 0 Å². The van der Waals surface area contributed by atoms with E-state index in [0.717, 1.165) is 0 Å². The van der Waals surface area contributed by atoms with Gasteiger partial charge >= 0.3 is 11.9 Å². The highest BCUT2D eigenvalue weighted by Crippen LogP contribution is 2.40. The van der Waals surface area contributed by atoms with Crippen molar-refractivity contribution in [3.05, 3.63) is 71.8 Å². The summed E-state index contributed by atoms with van der Waals surface area (Å²) >= 11 is 0. The van der Waals surface area contributed by atoms with Crippen molar-refractivity contribution < 1.29 is 29.3 Å². The van der Waals surface area contributed by atoms with Gasteiger partial charge in [0.25, 0.3) is 0 Å². The normalized spacial score (nSPS) is 32.2. The molecule has 1 saturated heterocycles. The summed E-state index contributed by atoms with van der Waals surface area (Å²) < 4.78 is 10.6. The van der Waals surface area contributed by atoms with Crippen molar-refractivity contribution in [1.29, 1.82) is 0 Å². The second-order valence-electron chi connectivity index (χ2n) is 5.94. The van der Waals surface area contributed by atoms with Crippen molar-refractivity contribution in [2.45, 2.75) is 23.7 Å². The molecule has 0 saturated carbocycles. The van der Waals surface area contributed by atoms with Crippen molar-refractivity contribution in [3.8, 4) is 0 Å². The van der Waals surface area contributed by atoms with Gasteiger partial charge in [-0.15, -0.1) is 0 Å². The topological polar surface area (TPSA) is 145 Å². The van der Waals surface area contributed by atoms with E-state index < -0.39 is 35.6 Å². The average molecular weight is 358 g/mol. The highest BCUT2D eigenvalue weighted by Gasteiger charge is 2.59. The highest BCUT2D eigenvalue weighted by molar-refractivity contribution is 5.86. The van der Waals surface area contributed by atoms with E-state index in [9.17, 15) is 19.8 Å². The molecular weight excluding hydrogens is 340 g/mol. The van der Waals surface area contributed by atoms with Gasteiger partial charge in [0.15, 0.2) is 12.2 Å². The minimum absolute atomic E-state index is 0.232. The Kier molecular flexibility index (Phi) is 4.51. The number of esters is 2. The van der Waals surface area contributed by atoms with Gasteiger partial charge in [0.2, 0.25) is 11.4 Å². The minimum atomic E-state index is -2.16. The van der Waals surface area contributed by atoms with Crippen LogP contribution in [0.3, 0.4) is 0 Å². The number of aliphatic hydroxyl groups is 2. The molecule has 1 heterocycles. The summed E-state index contributed by atoms with van der Waals surface area (Å²) in [5.74, 6) is -2.60. The number of aliphatic hydroxyl groups excluding tert-OH is 2. The summed E-state index contributed by atoms with van der Waals surface area (Å²) in [6, 6.07) is 16.1. The van der Waals surface area contributed by atoms with Crippen molar-refractivity contribution in [1.82, 2.24) is 0 Å². The quantitative estimate of drug-likeness (QED) is 0.522. The summed E-state index contributed by atoms with van der Waals surface area (Å²) in [6.45, 7) is 0. The number of ether oxygens (including phenoxy) is 2. The molecule has 1 aliphatic rings. The second kappa shape index (κ2) is 6.50. The average Bonchev–Trinajstić information content (AvgIpc) is 2.67. The van der Waals surface area contributed by atoms with Gasteiger partial charge in [-0.1, -0.05) is 60.7 Å². The van der Waals surface area contributed by atoms with Gasteiger partial charge in [-0.25, -0.2) is 9.59 Å². The predicted octanol–water partition coefficient (Wildman–Crippen LogP) is -0.568. The lowest BCUT2D eigenvalue weighted by molar-refractivity contribution is -0.245. The van der Waals surface area contributed by atoms with Crippen LogP contribution in [0.4, 0.5) is 0 Å². The number of rotatable bonds is 2. The number of benzene rings is 2. The van der Waals surface area contributed by atoms with E-state index in [4.69, 9.17) is 20.9 Å². The summed E-state index contributed by atoms with van der Waals surface area (Å²) in [6.07, 6.45) is -4.32. The first kappa shape index (κ1) is 18.0. The van der Waals surface area contributed by atoms with Gasteiger partial charge in [0, 0.05) is 11.1 Å². The molecule has 0 amide bonds. The van der Waals surface area contributed by atoms with Crippen LogP contribution in [0.1, 0.15) is 11.1 Å². The monoisotopic (exact) mass is 358 g/mol. The van der Waals surface area contributed by atoms with Crippen LogP contribution in [-0.4, -0.2) is 34.4 Å². The first-order chi connectivity index (χ1) is 12.3. The molecule has 8 nitrogen and oxygen atoms in total. The number of cyclic esters (lactones) is 2. The molecule has 2 aromatic carbocycles. The Morgan fingerprint density at radius 3 is 1.31 bits per heavy atom. The van der Waals surface area contributed by atoms with Gasteiger partial charge in [0.1, 0.15) is 0 Å². The third-order valence-electron chi connectivity index (χ3n) is 4.26. The zero-order valence-corrected chi connectivity index (χ0v) is 13.6. The molecule has 8 heteroatoms. The maximum Gasteiger partial charge on any atom is 0.340 e.